The fraction of sp³-hybridized carbons (Fsp3) is 0.278. The van der Waals surface area contributed by atoms with Crippen molar-refractivity contribution in [1.29, 1.82) is 0 Å². The molecule has 6 heteroatoms. The fourth-order valence-corrected chi connectivity index (χ4v) is 2.73. The van der Waals surface area contributed by atoms with E-state index < -0.39 is 6.10 Å². The van der Waals surface area contributed by atoms with Gasteiger partial charge in [-0.05, 0) is 48.7 Å². The van der Waals surface area contributed by atoms with Crippen molar-refractivity contribution in [3.05, 3.63) is 58.9 Å². The number of nitrogens with one attached hydrogen (secondary N) is 1. The van der Waals surface area contributed by atoms with E-state index in [4.69, 9.17) is 21.1 Å². The maximum atomic E-state index is 13.1. The minimum Gasteiger partial charge on any atom is -0.487 e. The summed E-state index contributed by atoms with van der Waals surface area (Å²) in [5.41, 5.74) is 1.29. The summed E-state index contributed by atoms with van der Waals surface area (Å²) in [7, 11) is 0. The van der Waals surface area contributed by atoms with Gasteiger partial charge in [0.05, 0.1) is 5.02 Å². The van der Waals surface area contributed by atoms with Crippen molar-refractivity contribution >= 4 is 23.2 Å². The van der Waals surface area contributed by atoms with Crippen LogP contribution in [0.3, 0.4) is 0 Å². The molecule has 1 fully saturated rings. The summed E-state index contributed by atoms with van der Waals surface area (Å²) in [6.45, 7) is 0.824. The molecule has 0 aliphatic carbocycles. The third-order valence-corrected chi connectivity index (χ3v) is 4.00. The predicted molar refractivity (Wildman–Crippen MR) is 89.8 cm³/mol. The maximum absolute atomic E-state index is 13.1. The SMILES string of the molecule is O=C(Nc1ccc(OCc2cccc(F)c2)c(Cl)c1)[C@@H]1CCCO1. The van der Waals surface area contributed by atoms with Crippen molar-refractivity contribution in [1.82, 2.24) is 0 Å². The zero-order valence-corrected chi connectivity index (χ0v) is 13.7. The number of anilines is 1. The Bertz CT molecular complexity index is 732. The molecule has 1 saturated heterocycles. The number of carbonyl (C=O) groups is 1. The minimum absolute atomic E-state index is 0.169. The number of carbonyl (C=O) groups excluding carboxylic acids is 1. The maximum Gasteiger partial charge on any atom is 0.253 e. The fourth-order valence-electron chi connectivity index (χ4n) is 2.49. The quantitative estimate of drug-likeness (QED) is 0.881. The lowest BCUT2D eigenvalue weighted by molar-refractivity contribution is -0.124. The smallest absolute Gasteiger partial charge is 0.253 e. The summed E-state index contributed by atoms with van der Waals surface area (Å²) in [6.07, 6.45) is 1.23. The Kier molecular flexibility index (Phi) is 5.33. The first kappa shape index (κ1) is 16.7. The van der Waals surface area contributed by atoms with Crippen LogP contribution >= 0.6 is 11.6 Å². The molecule has 1 aliphatic rings. The number of halogens is 2. The Labute approximate surface area is 144 Å². The molecule has 2 aromatic rings. The van der Waals surface area contributed by atoms with Gasteiger partial charge >= 0.3 is 0 Å². The average molecular weight is 350 g/mol. The molecule has 1 N–H and O–H groups in total. The molecule has 0 unspecified atom stereocenters. The first-order valence-electron chi connectivity index (χ1n) is 7.71. The van der Waals surface area contributed by atoms with Crippen molar-refractivity contribution in [2.75, 3.05) is 11.9 Å². The molecule has 0 radical (unpaired) electrons. The van der Waals surface area contributed by atoms with E-state index in [1.165, 1.54) is 12.1 Å². The first-order chi connectivity index (χ1) is 11.6. The van der Waals surface area contributed by atoms with Crippen molar-refractivity contribution in [3.63, 3.8) is 0 Å². The van der Waals surface area contributed by atoms with Crippen LogP contribution < -0.4 is 10.1 Å². The molecule has 1 amide bonds. The lowest BCUT2D eigenvalue weighted by atomic mass is 10.2. The largest absolute Gasteiger partial charge is 0.487 e. The minimum atomic E-state index is -0.396. The summed E-state index contributed by atoms with van der Waals surface area (Å²) in [5, 5.41) is 3.15. The highest BCUT2D eigenvalue weighted by atomic mass is 35.5. The van der Waals surface area contributed by atoms with Crippen LogP contribution in [-0.2, 0) is 16.1 Å². The lowest BCUT2D eigenvalue weighted by Gasteiger charge is -2.12. The Morgan fingerprint density at radius 3 is 2.92 bits per heavy atom. The molecule has 1 aliphatic heterocycles. The van der Waals surface area contributed by atoms with Crippen LogP contribution in [0.5, 0.6) is 5.75 Å². The molecular formula is C18H17ClFNO3. The summed E-state index contributed by atoms with van der Waals surface area (Å²) < 4.78 is 24.1. The van der Waals surface area contributed by atoms with Crippen LogP contribution in [0, 0.1) is 5.82 Å². The number of ether oxygens (including phenoxy) is 2. The zero-order chi connectivity index (χ0) is 16.9. The molecule has 2 aromatic carbocycles. The second kappa shape index (κ2) is 7.64. The van der Waals surface area contributed by atoms with E-state index in [0.29, 0.717) is 28.6 Å². The van der Waals surface area contributed by atoms with Crippen molar-refractivity contribution in [3.8, 4) is 5.75 Å². The van der Waals surface area contributed by atoms with Gasteiger partial charge in [-0.25, -0.2) is 4.39 Å². The zero-order valence-electron chi connectivity index (χ0n) is 12.9. The first-order valence-corrected chi connectivity index (χ1v) is 8.09. The van der Waals surface area contributed by atoms with Crippen LogP contribution in [0.2, 0.25) is 5.02 Å². The van der Waals surface area contributed by atoms with Gasteiger partial charge in [0.1, 0.15) is 24.3 Å². The number of hydrogen-bond donors (Lipinski definition) is 1. The van der Waals surface area contributed by atoms with E-state index in [-0.39, 0.29) is 18.3 Å². The Morgan fingerprint density at radius 2 is 2.21 bits per heavy atom. The molecule has 24 heavy (non-hydrogen) atoms. The molecule has 1 atom stereocenters. The molecule has 4 nitrogen and oxygen atoms in total. The number of rotatable bonds is 5. The Hall–Kier alpha value is -2.11. The van der Waals surface area contributed by atoms with Crippen molar-refractivity contribution in [2.45, 2.75) is 25.6 Å². The van der Waals surface area contributed by atoms with Gasteiger partial charge in [-0.2, -0.15) is 0 Å². The van der Waals surface area contributed by atoms with Crippen LogP contribution in [0.1, 0.15) is 18.4 Å². The highest BCUT2D eigenvalue weighted by Crippen LogP contribution is 2.29. The van der Waals surface area contributed by atoms with Crippen LogP contribution in [0.15, 0.2) is 42.5 Å². The van der Waals surface area contributed by atoms with E-state index >= 15 is 0 Å². The van der Waals surface area contributed by atoms with E-state index in [1.54, 1.807) is 30.3 Å². The van der Waals surface area contributed by atoms with E-state index in [9.17, 15) is 9.18 Å². The van der Waals surface area contributed by atoms with Gasteiger partial charge in [-0.3, -0.25) is 4.79 Å². The molecule has 126 valence electrons. The molecular weight excluding hydrogens is 333 g/mol. The van der Waals surface area contributed by atoms with Gasteiger partial charge in [0.25, 0.3) is 5.91 Å². The molecule has 0 spiro atoms. The second-order valence-electron chi connectivity index (χ2n) is 5.55. The Morgan fingerprint density at radius 1 is 1.33 bits per heavy atom. The monoisotopic (exact) mass is 349 g/mol. The summed E-state index contributed by atoms with van der Waals surface area (Å²) in [6, 6.07) is 11.2. The third-order valence-electron chi connectivity index (χ3n) is 3.70. The van der Waals surface area contributed by atoms with E-state index in [2.05, 4.69) is 5.32 Å². The van der Waals surface area contributed by atoms with Crippen LogP contribution in [0.4, 0.5) is 10.1 Å². The van der Waals surface area contributed by atoms with Gasteiger partial charge in [0.2, 0.25) is 0 Å². The van der Waals surface area contributed by atoms with Crippen molar-refractivity contribution in [2.24, 2.45) is 0 Å². The summed E-state index contributed by atoms with van der Waals surface area (Å²) >= 11 is 6.19. The van der Waals surface area contributed by atoms with Gasteiger partial charge in [-0.15, -0.1) is 0 Å². The number of benzene rings is 2. The average Bonchev–Trinajstić information content (AvgIpc) is 3.09. The van der Waals surface area contributed by atoms with Gasteiger partial charge in [0.15, 0.2) is 0 Å². The second-order valence-corrected chi connectivity index (χ2v) is 5.96. The molecule has 0 aromatic heterocycles. The third kappa shape index (κ3) is 4.24. The van der Waals surface area contributed by atoms with Crippen LogP contribution in [0.25, 0.3) is 0 Å². The van der Waals surface area contributed by atoms with Crippen molar-refractivity contribution < 1.29 is 18.7 Å². The number of amides is 1. The number of hydrogen-bond acceptors (Lipinski definition) is 3. The standard InChI is InChI=1S/C18H17ClFNO3/c19-15-10-14(21-18(22)17-5-2-8-23-17)6-7-16(15)24-11-12-3-1-4-13(20)9-12/h1,3-4,6-7,9-10,17H,2,5,8,11H2,(H,21,22)/t17-/m0/s1. The Balaban J connectivity index is 1.60. The van der Waals surface area contributed by atoms with Gasteiger partial charge < -0.3 is 14.8 Å². The molecule has 0 bridgehead atoms. The van der Waals surface area contributed by atoms with E-state index in [1.807, 2.05) is 0 Å². The normalized spacial score (nSPS) is 16.8. The highest BCUT2D eigenvalue weighted by molar-refractivity contribution is 6.32. The summed E-state index contributed by atoms with van der Waals surface area (Å²) in [4.78, 5) is 12.0. The van der Waals surface area contributed by atoms with Gasteiger partial charge in [0, 0.05) is 12.3 Å². The molecule has 1 heterocycles. The predicted octanol–water partition coefficient (Wildman–Crippen LogP) is 4.18. The van der Waals surface area contributed by atoms with Gasteiger partial charge in [-0.1, -0.05) is 23.7 Å². The summed E-state index contributed by atoms with van der Waals surface area (Å²) in [5.74, 6) is -0.0116. The molecule has 3 rings (SSSR count). The van der Waals surface area contributed by atoms with Crippen LogP contribution in [-0.4, -0.2) is 18.6 Å². The molecule has 0 saturated carbocycles. The highest BCUT2D eigenvalue weighted by Gasteiger charge is 2.23. The topological polar surface area (TPSA) is 47.6 Å². The lowest BCUT2D eigenvalue weighted by Crippen LogP contribution is -2.26. The van der Waals surface area contributed by atoms with E-state index in [0.717, 1.165) is 12.8 Å².